The lowest BCUT2D eigenvalue weighted by molar-refractivity contribution is -0.117. The second-order valence-corrected chi connectivity index (χ2v) is 10.8. The highest BCUT2D eigenvalue weighted by Crippen LogP contribution is 2.32. The Morgan fingerprint density at radius 1 is 1.23 bits per heavy atom. The molecule has 13 nitrogen and oxygen atoms in total. The molecule has 13 heteroatoms. The van der Waals surface area contributed by atoms with Crippen molar-refractivity contribution >= 4 is 40.1 Å². The SMILES string of the molecule is CN/C(C)=C\C(N)=N/c1nccc(-c2c[nH]c3c(NC(=O)CN4CCC(Oc5cc(NC6CC6)ncn5)C4)cccc23)n1. The van der Waals surface area contributed by atoms with Gasteiger partial charge in [-0.15, -0.1) is 0 Å². The van der Waals surface area contributed by atoms with Gasteiger partial charge in [0.15, 0.2) is 0 Å². The van der Waals surface area contributed by atoms with Crippen molar-refractivity contribution in [1.82, 2.24) is 35.1 Å². The Labute approximate surface area is 249 Å². The molecule has 2 fully saturated rings. The third-order valence-corrected chi connectivity index (χ3v) is 7.35. The van der Waals surface area contributed by atoms with E-state index in [0.717, 1.165) is 40.9 Å². The van der Waals surface area contributed by atoms with Crippen LogP contribution in [0.15, 0.2) is 65.8 Å². The number of carbonyl (C=O) groups excluding carboxylic acids is 1. The quantitative estimate of drug-likeness (QED) is 0.131. The number of aromatic amines is 1. The van der Waals surface area contributed by atoms with Crippen LogP contribution in [0.4, 0.5) is 17.5 Å². The number of likely N-dealkylation sites (tertiary alicyclic amines) is 1. The van der Waals surface area contributed by atoms with Crippen molar-refractivity contribution in [3.63, 3.8) is 0 Å². The molecule has 2 aliphatic rings. The molecule has 1 unspecified atom stereocenters. The highest BCUT2D eigenvalue weighted by Gasteiger charge is 2.27. The number of anilines is 2. The van der Waals surface area contributed by atoms with Crippen LogP contribution in [0, 0.1) is 0 Å². The Morgan fingerprint density at radius 3 is 2.95 bits per heavy atom. The van der Waals surface area contributed by atoms with Crippen molar-refractivity contribution in [2.45, 2.75) is 38.3 Å². The van der Waals surface area contributed by atoms with E-state index in [1.165, 1.54) is 19.2 Å². The summed E-state index contributed by atoms with van der Waals surface area (Å²) in [6.07, 6.45) is 9.87. The number of nitrogens with one attached hydrogen (secondary N) is 4. The van der Waals surface area contributed by atoms with Gasteiger partial charge in [-0.2, -0.15) is 4.99 Å². The van der Waals surface area contributed by atoms with Gasteiger partial charge in [0.05, 0.1) is 23.4 Å². The summed E-state index contributed by atoms with van der Waals surface area (Å²) < 4.78 is 6.10. The summed E-state index contributed by atoms with van der Waals surface area (Å²) in [6, 6.07) is 9.93. The number of hydrogen-bond acceptors (Lipinski definition) is 10. The second kappa shape index (κ2) is 12.4. The third kappa shape index (κ3) is 7.07. The highest BCUT2D eigenvalue weighted by atomic mass is 16.5. The Hall–Kier alpha value is -5.04. The number of ether oxygens (including phenoxy) is 1. The number of aromatic nitrogens is 5. The monoisotopic (exact) mass is 581 g/mol. The first-order chi connectivity index (χ1) is 20.9. The predicted octanol–water partition coefficient (Wildman–Crippen LogP) is 3.19. The minimum atomic E-state index is -0.0960. The maximum absolute atomic E-state index is 13.1. The standard InChI is InChI=1S/C30H35N11O2/c1-18(32-2)12-25(31)40-30-33-10-8-23(39-30)22-14-34-29-21(22)4-3-5-24(29)38-27(42)16-41-11-9-20(15-41)43-28-13-26(35-17-36-28)37-19-6-7-19/h3-5,8,10,12-14,17,19-20,32,34H,6-7,9,11,15-16H2,1-2H3,(H,38,42)(H,35,36,37)(H2,31,33,39,40)/b18-12-. The Morgan fingerprint density at radius 2 is 2.12 bits per heavy atom. The lowest BCUT2D eigenvalue weighted by Gasteiger charge is -2.16. The predicted molar refractivity (Wildman–Crippen MR) is 166 cm³/mol. The summed E-state index contributed by atoms with van der Waals surface area (Å²) in [5.74, 6) is 1.80. The molecule has 6 rings (SSSR count). The summed E-state index contributed by atoms with van der Waals surface area (Å²) in [5, 5.41) is 10.4. The van der Waals surface area contributed by atoms with Crippen LogP contribution in [0.25, 0.3) is 22.2 Å². The molecule has 1 saturated heterocycles. The van der Waals surface area contributed by atoms with Gasteiger partial charge in [-0.25, -0.2) is 19.9 Å². The summed E-state index contributed by atoms with van der Waals surface area (Å²) in [7, 11) is 1.81. The van der Waals surface area contributed by atoms with Crippen LogP contribution in [0.3, 0.4) is 0 Å². The number of para-hydroxylation sites is 1. The average molecular weight is 582 g/mol. The number of carbonyl (C=O) groups is 1. The molecule has 0 bridgehead atoms. The highest BCUT2D eigenvalue weighted by molar-refractivity contribution is 6.06. The van der Waals surface area contributed by atoms with Crippen molar-refractivity contribution in [2.24, 2.45) is 10.7 Å². The van der Waals surface area contributed by atoms with Gasteiger partial charge in [0.25, 0.3) is 5.95 Å². The lowest BCUT2D eigenvalue weighted by atomic mass is 10.1. The van der Waals surface area contributed by atoms with E-state index in [1.54, 1.807) is 12.3 Å². The van der Waals surface area contributed by atoms with Crippen molar-refractivity contribution in [3.8, 4) is 17.1 Å². The van der Waals surface area contributed by atoms with Crippen LogP contribution >= 0.6 is 0 Å². The van der Waals surface area contributed by atoms with E-state index in [-0.39, 0.29) is 24.5 Å². The maximum Gasteiger partial charge on any atom is 0.251 e. The van der Waals surface area contributed by atoms with Gasteiger partial charge >= 0.3 is 0 Å². The number of H-pyrrole nitrogens is 1. The number of fused-ring (bicyclic) bond motifs is 1. The van der Waals surface area contributed by atoms with E-state index in [4.69, 9.17) is 10.5 Å². The molecule has 0 spiro atoms. The summed E-state index contributed by atoms with van der Waals surface area (Å²) >= 11 is 0. The molecule has 4 aromatic rings. The molecule has 1 aliphatic carbocycles. The molecule has 1 saturated carbocycles. The molecule has 1 aromatic carbocycles. The maximum atomic E-state index is 13.1. The number of benzene rings is 1. The Kier molecular flexibility index (Phi) is 8.13. The van der Waals surface area contributed by atoms with Gasteiger partial charge in [-0.1, -0.05) is 12.1 Å². The number of amidine groups is 1. The molecule has 0 radical (unpaired) electrons. The fourth-order valence-corrected chi connectivity index (χ4v) is 4.98. The number of hydrogen-bond donors (Lipinski definition) is 5. The van der Waals surface area contributed by atoms with Gasteiger partial charge in [0, 0.05) is 61.3 Å². The lowest BCUT2D eigenvalue weighted by Crippen LogP contribution is -2.33. The van der Waals surface area contributed by atoms with Gasteiger partial charge in [0.2, 0.25) is 11.8 Å². The first kappa shape index (κ1) is 28.1. The van der Waals surface area contributed by atoms with Crippen LogP contribution in [-0.4, -0.2) is 80.4 Å². The van der Waals surface area contributed by atoms with Crippen LogP contribution in [-0.2, 0) is 4.79 Å². The van der Waals surface area contributed by atoms with Crippen molar-refractivity contribution in [3.05, 3.63) is 60.8 Å². The van der Waals surface area contributed by atoms with Crippen LogP contribution < -0.4 is 26.4 Å². The molecule has 6 N–H and O–H groups in total. The summed E-state index contributed by atoms with van der Waals surface area (Å²) in [5.41, 5.74) is 9.95. The first-order valence-corrected chi connectivity index (χ1v) is 14.3. The molecule has 4 heterocycles. The largest absolute Gasteiger partial charge is 0.473 e. The average Bonchev–Trinajstić information content (AvgIpc) is 3.51. The smallest absolute Gasteiger partial charge is 0.251 e. The number of amides is 1. The topological polar surface area (TPSA) is 171 Å². The number of nitrogens with zero attached hydrogens (tertiary/aromatic N) is 6. The molecule has 1 atom stereocenters. The molecule has 3 aromatic heterocycles. The van der Waals surface area contributed by atoms with Crippen molar-refractivity contribution < 1.29 is 9.53 Å². The van der Waals surface area contributed by atoms with E-state index >= 15 is 0 Å². The Balaban J connectivity index is 1.08. The second-order valence-electron chi connectivity index (χ2n) is 10.8. The van der Waals surface area contributed by atoms with Gasteiger partial charge < -0.3 is 31.4 Å². The van der Waals surface area contributed by atoms with E-state index in [2.05, 4.69) is 50.8 Å². The zero-order valence-corrected chi connectivity index (χ0v) is 24.2. The minimum Gasteiger partial charge on any atom is -0.473 e. The normalized spacial score (nSPS) is 17.7. The number of aliphatic imine (C=N–C) groups is 1. The van der Waals surface area contributed by atoms with E-state index in [0.29, 0.717) is 35.7 Å². The van der Waals surface area contributed by atoms with Crippen molar-refractivity contribution in [2.75, 3.05) is 37.3 Å². The molecule has 43 heavy (non-hydrogen) atoms. The Bertz CT molecular complexity index is 1680. The van der Waals surface area contributed by atoms with Gasteiger partial charge in [-0.05, 0) is 44.4 Å². The van der Waals surface area contributed by atoms with Gasteiger partial charge in [0.1, 0.15) is 24.1 Å². The van der Waals surface area contributed by atoms with E-state index in [1.807, 2.05) is 50.5 Å². The fraction of sp³-hybridized carbons (Fsp3) is 0.333. The summed E-state index contributed by atoms with van der Waals surface area (Å²) in [4.78, 5) is 40.1. The van der Waals surface area contributed by atoms with Gasteiger partial charge in [-0.3, -0.25) is 9.69 Å². The minimum absolute atomic E-state index is 0.0355. The molecular weight excluding hydrogens is 546 g/mol. The number of nitrogens with two attached hydrogens (primary N) is 1. The van der Waals surface area contributed by atoms with E-state index < -0.39 is 0 Å². The first-order valence-electron chi connectivity index (χ1n) is 14.3. The van der Waals surface area contributed by atoms with E-state index in [9.17, 15) is 4.79 Å². The van der Waals surface area contributed by atoms with Crippen LogP contribution in [0.5, 0.6) is 5.88 Å². The third-order valence-electron chi connectivity index (χ3n) is 7.35. The fourth-order valence-electron chi connectivity index (χ4n) is 4.98. The van der Waals surface area contributed by atoms with Crippen molar-refractivity contribution in [1.29, 1.82) is 0 Å². The van der Waals surface area contributed by atoms with Crippen LogP contribution in [0.1, 0.15) is 26.2 Å². The number of rotatable bonds is 11. The molecule has 222 valence electrons. The molecule has 1 aliphatic heterocycles. The molecular formula is C30H35N11O2. The zero-order valence-electron chi connectivity index (χ0n) is 24.2. The molecule has 1 amide bonds. The zero-order chi connectivity index (χ0) is 29.8. The van der Waals surface area contributed by atoms with Crippen LogP contribution in [0.2, 0.25) is 0 Å². The number of allylic oxidation sites excluding steroid dienone is 1. The summed E-state index contributed by atoms with van der Waals surface area (Å²) in [6.45, 7) is 3.56.